The maximum atomic E-state index is 10.7. The second kappa shape index (κ2) is 7.62. The quantitative estimate of drug-likeness (QED) is 0.793. The van der Waals surface area contributed by atoms with Crippen LogP contribution in [0.1, 0.15) is 34.8 Å². The second-order valence-corrected chi connectivity index (χ2v) is 4.74. The SMILES string of the molecule is CC(=O)c1n[nH]c(=O)cc1O.CC(=O)c1nnc(Cl)cc1Cl. The number of aromatic amines is 1. The smallest absolute Gasteiger partial charge is 0.267 e. The Kier molecular flexibility index (Phi) is 6.14. The third-order valence-electron chi connectivity index (χ3n) is 2.17. The lowest BCUT2D eigenvalue weighted by molar-refractivity contribution is 0.0997. The van der Waals surface area contributed by atoms with Gasteiger partial charge < -0.3 is 5.11 Å². The van der Waals surface area contributed by atoms with Crippen molar-refractivity contribution >= 4 is 34.8 Å². The van der Waals surface area contributed by atoms with Crippen molar-refractivity contribution in [2.24, 2.45) is 0 Å². The van der Waals surface area contributed by atoms with Gasteiger partial charge in [0.1, 0.15) is 5.69 Å². The summed E-state index contributed by atoms with van der Waals surface area (Å²) in [7, 11) is 0. The van der Waals surface area contributed by atoms with Crippen molar-refractivity contribution in [2.75, 3.05) is 0 Å². The van der Waals surface area contributed by atoms with Crippen LogP contribution in [-0.2, 0) is 0 Å². The molecule has 0 amide bonds. The van der Waals surface area contributed by atoms with Crippen LogP contribution in [0.5, 0.6) is 5.75 Å². The zero-order valence-corrected chi connectivity index (χ0v) is 12.9. The number of rotatable bonds is 2. The predicted molar refractivity (Wildman–Crippen MR) is 78.6 cm³/mol. The van der Waals surface area contributed by atoms with Gasteiger partial charge in [-0.25, -0.2) is 5.10 Å². The standard InChI is InChI=1S/C6H4Cl2N2O.C6H6N2O3/c1-3(11)6-4(7)2-5(8)9-10-6;1-3(9)6-4(10)2-5(11)7-8-6/h2H,1H3;2H,1H3,(H2,7,10,11). The van der Waals surface area contributed by atoms with E-state index >= 15 is 0 Å². The fraction of sp³-hybridized carbons (Fsp3) is 0.167. The van der Waals surface area contributed by atoms with Gasteiger partial charge in [-0.15, -0.1) is 10.2 Å². The third-order valence-corrected chi connectivity index (χ3v) is 2.65. The number of aromatic hydroxyl groups is 1. The summed E-state index contributed by atoms with van der Waals surface area (Å²) in [6.07, 6.45) is 0. The van der Waals surface area contributed by atoms with Crippen molar-refractivity contribution in [1.29, 1.82) is 0 Å². The van der Waals surface area contributed by atoms with Crippen LogP contribution in [0.4, 0.5) is 0 Å². The van der Waals surface area contributed by atoms with Gasteiger partial charge in [-0.2, -0.15) is 5.10 Å². The lowest BCUT2D eigenvalue weighted by Crippen LogP contribution is -2.10. The minimum absolute atomic E-state index is 0.121. The Hall–Kier alpha value is -2.32. The number of ketones is 2. The van der Waals surface area contributed by atoms with Crippen molar-refractivity contribution in [3.05, 3.63) is 44.1 Å². The summed E-state index contributed by atoms with van der Waals surface area (Å²) in [5.41, 5.74) is -0.506. The molecule has 0 unspecified atom stereocenters. The number of halogens is 2. The van der Waals surface area contributed by atoms with E-state index in [1.165, 1.54) is 19.9 Å². The average Bonchev–Trinajstić information content (AvgIpc) is 2.38. The highest BCUT2D eigenvalue weighted by atomic mass is 35.5. The summed E-state index contributed by atoms with van der Waals surface area (Å²) in [4.78, 5) is 31.9. The van der Waals surface area contributed by atoms with Crippen molar-refractivity contribution in [1.82, 2.24) is 20.4 Å². The Bertz CT molecular complexity index is 776. The molecule has 0 saturated carbocycles. The molecule has 0 aliphatic rings. The molecule has 2 aromatic rings. The first kappa shape index (κ1) is 17.7. The Morgan fingerprint density at radius 2 is 1.68 bits per heavy atom. The highest BCUT2D eigenvalue weighted by Gasteiger charge is 2.08. The number of hydrogen-bond donors (Lipinski definition) is 2. The van der Waals surface area contributed by atoms with Crippen LogP contribution < -0.4 is 5.56 Å². The normalized spacial score (nSPS) is 9.64. The van der Waals surface area contributed by atoms with E-state index < -0.39 is 11.3 Å². The summed E-state index contributed by atoms with van der Waals surface area (Å²) in [5, 5.41) is 21.7. The highest BCUT2D eigenvalue weighted by molar-refractivity contribution is 6.35. The number of nitrogens with one attached hydrogen (secondary N) is 1. The first-order valence-corrected chi connectivity index (χ1v) is 6.47. The van der Waals surface area contributed by atoms with Gasteiger partial charge >= 0.3 is 0 Å². The fourth-order valence-electron chi connectivity index (χ4n) is 1.24. The third kappa shape index (κ3) is 4.90. The monoisotopic (exact) mass is 344 g/mol. The molecule has 2 rings (SSSR count). The Morgan fingerprint density at radius 3 is 2.14 bits per heavy atom. The van der Waals surface area contributed by atoms with E-state index in [0.717, 1.165) is 6.07 Å². The lowest BCUT2D eigenvalue weighted by atomic mass is 10.3. The Labute approximate surface area is 134 Å². The van der Waals surface area contributed by atoms with E-state index in [1.807, 2.05) is 5.10 Å². The van der Waals surface area contributed by atoms with Gasteiger partial charge in [-0.05, 0) is 6.07 Å². The molecule has 0 bridgehead atoms. The maximum Gasteiger partial charge on any atom is 0.267 e. The number of H-pyrrole nitrogens is 1. The first-order chi connectivity index (χ1) is 10.2. The zero-order chi connectivity index (χ0) is 16.9. The summed E-state index contributed by atoms with van der Waals surface area (Å²) in [6.45, 7) is 2.62. The number of aromatic nitrogens is 4. The Balaban J connectivity index is 0.000000220. The van der Waals surface area contributed by atoms with Gasteiger partial charge in [0.25, 0.3) is 5.56 Å². The maximum absolute atomic E-state index is 10.7. The van der Waals surface area contributed by atoms with Gasteiger partial charge in [0.2, 0.25) is 0 Å². The molecule has 0 spiro atoms. The first-order valence-electron chi connectivity index (χ1n) is 5.71. The van der Waals surface area contributed by atoms with Crippen LogP contribution in [0.25, 0.3) is 0 Å². The van der Waals surface area contributed by atoms with E-state index in [-0.39, 0.29) is 33.1 Å². The summed E-state index contributed by atoms with van der Waals surface area (Å²) >= 11 is 11.1. The van der Waals surface area contributed by atoms with Gasteiger partial charge in [0.05, 0.1) is 5.02 Å². The summed E-state index contributed by atoms with van der Waals surface area (Å²) in [6, 6.07) is 2.29. The molecule has 0 aliphatic heterocycles. The molecular weight excluding hydrogens is 335 g/mol. The molecule has 0 aliphatic carbocycles. The molecule has 0 radical (unpaired) electrons. The summed E-state index contributed by atoms with van der Waals surface area (Å²) < 4.78 is 0. The molecule has 22 heavy (non-hydrogen) atoms. The molecular formula is C12H10Cl2N4O4. The lowest BCUT2D eigenvalue weighted by Gasteiger charge is -1.95. The van der Waals surface area contributed by atoms with Crippen molar-refractivity contribution < 1.29 is 14.7 Å². The molecule has 2 heterocycles. The number of Topliss-reactive ketones (excluding diaryl/α,β-unsaturated/α-hetero) is 2. The zero-order valence-electron chi connectivity index (χ0n) is 11.4. The number of carbonyl (C=O) groups is 2. The largest absolute Gasteiger partial charge is 0.505 e. The van der Waals surface area contributed by atoms with E-state index in [0.29, 0.717) is 0 Å². The van der Waals surface area contributed by atoms with E-state index in [9.17, 15) is 14.4 Å². The molecule has 0 atom stereocenters. The second-order valence-electron chi connectivity index (χ2n) is 3.94. The molecule has 0 fully saturated rings. The predicted octanol–water partition coefficient (Wildman–Crippen LogP) is 1.66. The topological polar surface area (TPSA) is 126 Å². The van der Waals surface area contributed by atoms with Crippen LogP contribution in [0, 0.1) is 0 Å². The van der Waals surface area contributed by atoms with Crippen LogP contribution in [0.3, 0.4) is 0 Å². The molecule has 2 aromatic heterocycles. The Morgan fingerprint density at radius 1 is 1.09 bits per heavy atom. The highest BCUT2D eigenvalue weighted by Crippen LogP contribution is 2.16. The minimum Gasteiger partial charge on any atom is -0.505 e. The van der Waals surface area contributed by atoms with Gasteiger partial charge in [0, 0.05) is 19.9 Å². The van der Waals surface area contributed by atoms with Gasteiger partial charge in [0.15, 0.2) is 28.2 Å². The molecule has 0 aromatic carbocycles. The van der Waals surface area contributed by atoms with Gasteiger partial charge in [-0.3, -0.25) is 14.4 Å². The van der Waals surface area contributed by atoms with Crippen molar-refractivity contribution in [3.8, 4) is 5.75 Å². The molecule has 0 saturated heterocycles. The molecule has 116 valence electrons. The van der Waals surface area contributed by atoms with Crippen LogP contribution >= 0.6 is 23.2 Å². The average molecular weight is 345 g/mol. The molecule has 2 N–H and O–H groups in total. The van der Waals surface area contributed by atoms with Crippen LogP contribution in [0.2, 0.25) is 10.2 Å². The molecule has 8 nitrogen and oxygen atoms in total. The number of carbonyl (C=O) groups excluding carboxylic acids is 2. The van der Waals surface area contributed by atoms with Crippen molar-refractivity contribution in [3.63, 3.8) is 0 Å². The van der Waals surface area contributed by atoms with E-state index in [1.54, 1.807) is 0 Å². The molecule has 10 heteroatoms. The fourth-order valence-corrected chi connectivity index (χ4v) is 1.72. The van der Waals surface area contributed by atoms with Crippen LogP contribution in [0.15, 0.2) is 16.9 Å². The number of hydrogen-bond acceptors (Lipinski definition) is 7. The van der Waals surface area contributed by atoms with E-state index in [2.05, 4.69) is 15.3 Å². The summed E-state index contributed by atoms with van der Waals surface area (Å²) in [5.74, 6) is -1.00. The number of nitrogens with zero attached hydrogens (tertiary/aromatic N) is 3. The van der Waals surface area contributed by atoms with E-state index in [4.69, 9.17) is 28.3 Å². The minimum atomic E-state index is -0.535. The van der Waals surface area contributed by atoms with Gasteiger partial charge in [-0.1, -0.05) is 23.2 Å². The van der Waals surface area contributed by atoms with Crippen molar-refractivity contribution in [2.45, 2.75) is 13.8 Å². The van der Waals surface area contributed by atoms with Crippen LogP contribution in [-0.4, -0.2) is 37.1 Å².